The third-order valence-corrected chi connectivity index (χ3v) is 8.02. The molecule has 0 aromatic heterocycles. The zero-order valence-electron chi connectivity index (χ0n) is 27.6. The maximum absolute atomic E-state index is 12.3. The first-order valence-corrected chi connectivity index (χ1v) is 19.0. The van der Waals surface area contributed by atoms with Gasteiger partial charge in [-0.1, -0.05) is 135 Å². The molecule has 0 saturated carbocycles. The van der Waals surface area contributed by atoms with Crippen molar-refractivity contribution in [3.63, 3.8) is 0 Å². The monoisotopic (exact) mass is 632 g/mol. The topological polar surface area (TPSA) is 119 Å². The first kappa shape index (κ1) is 41.8. The molecule has 0 fully saturated rings. The highest BCUT2D eigenvalue weighted by Gasteiger charge is 2.22. The molecule has 0 aliphatic carbocycles. The number of phosphoric ester groups is 1. The van der Waals surface area contributed by atoms with Crippen LogP contribution in [-0.2, 0) is 28.2 Å². The Morgan fingerprint density at radius 1 is 0.581 bits per heavy atom. The van der Waals surface area contributed by atoms with Gasteiger partial charge in [-0.15, -0.1) is 0 Å². The van der Waals surface area contributed by atoms with Gasteiger partial charge in [-0.3, -0.25) is 14.1 Å². The molecule has 0 unspecified atom stereocenters. The summed E-state index contributed by atoms with van der Waals surface area (Å²) in [6.45, 7) is 3.64. The van der Waals surface area contributed by atoms with Gasteiger partial charge in [-0.05, 0) is 38.5 Å². The van der Waals surface area contributed by atoms with E-state index < -0.39 is 32.5 Å². The first-order chi connectivity index (χ1) is 20.8. The molecular formula is C34H65O8P. The molecule has 1 atom stereocenters. The number of carbonyl (C=O) groups is 2. The van der Waals surface area contributed by atoms with E-state index in [1.54, 1.807) is 0 Å². The highest BCUT2D eigenvalue weighted by Crippen LogP contribution is 2.36. The van der Waals surface area contributed by atoms with E-state index in [1.165, 1.54) is 89.9 Å². The fourth-order valence-electron chi connectivity index (χ4n) is 4.90. The van der Waals surface area contributed by atoms with Crippen LogP contribution in [-0.4, -0.2) is 41.0 Å². The second-order valence-electron chi connectivity index (χ2n) is 11.8. The molecule has 0 aliphatic rings. The maximum Gasteiger partial charge on any atom is 0.469 e. The third-order valence-electron chi connectivity index (χ3n) is 7.53. The predicted octanol–water partition coefficient (Wildman–Crippen LogP) is 9.90. The minimum atomic E-state index is -4.74. The predicted molar refractivity (Wildman–Crippen MR) is 175 cm³/mol. The van der Waals surface area contributed by atoms with Crippen molar-refractivity contribution < 1.29 is 37.9 Å². The summed E-state index contributed by atoms with van der Waals surface area (Å²) in [5, 5.41) is 0. The molecule has 0 aromatic carbocycles. The Morgan fingerprint density at radius 2 is 0.977 bits per heavy atom. The molecule has 43 heavy (non-hydrogen) atoms. The van der Waals surface area contributed by atoms with Crippen LogP contribution >= 0.6 is 7.82 Å². The molecule has 0 aromatic rings. The van der Waals surface area contributed by atoms with Crippen LogP contribution in [0.5, 0.6) is 0 Å². The molecule has 0 heterocycles. The number of unbranched alkanes of at least 4 members (excludes halogenated alkanes) is 20. The number of hydrogen-bond donors (Lipinski definition) is 2. The molecule has 0 saturated heterocycles. The van der Waals surface area contributed by atoms with Gasteiger partial charge in [0.25, 0.3) is 0 Å². The van der Waals surface area contributed by atoms with E-state index in [0.717, 1.165) is 51.4 Å². The van der Waals surface area contributed by atoms with Crippen molar-refractivity contribution in [1.82, 2.24) is 0 Å². The summed E-state index contributed by atoms with van der Waals surface area (Å²) in [4.78, 5) is 42.5. The quantitative estimate of drug-likeness (QED) is 0.0325. The summed E-state index contributed by atoms with van der Waals surface area (Å²) >= 11 is 0. The average molecular weight is 633 g/mol. The van der Waals surface area contributed by atoms with Gasteiger partial charge in [0.1, 0.15) is 6.61 Å². The van der Waals surface area contributed by atoms with Crippen molar-refractivity contribution in [2.75, 3.05) is 13.2 Å². The van der Waals surface area contributed by atoms with Gasteiger partial charge in [0.05, 0.1) is 6.61 Å². The summed E-state index contributed by atoms with van der Waals surface area (Å²) in [7, 11) is -4.74. The van der Waals surface area contributed by atoms with E-state index in [2.05, 4.69) is 30.5 Å². The summed E-state index contributed by atoms with van der Waals surface area (Å²) in [5.74, 6) is -0.891. The van der Waals surface area contributed by atoms with Gasteiger partial charge in [0.15, 0.2) is 6.10 Å². The Kier molecular flexibility index (Phi) is 29.9. The van der Waals surface area contributed by atoms with Gasteiger partial charge in [0, 0.05) is 12.8 Å². The van der Waals surface area contributed by atoms with Crippen molar-refractivity contribution in [3.8, 4) is 0 Å². The number of allylic oxidation sites excluding steroid dienone is 2. The Morgan fingerprint density at radius 3 is 1.44 bits per heavy atom. The lowest BCUT2D eigenvalue weighted by atomic mass is 10.0. The fraction of sp³-hybridized carbons (Fsp3) is 0.882. The van der Waals surface area contributed by atoms with Gasteiger partial charge in [-0.2, -0.15) is 0 Å². The van der Waals surface area contributed by atoms with Crippen LogP contribution in [0.3, 0.4) is 0 Å². The molecule has 0 bridgehead atoms. The molecule has 2 N–H and O–H groups in total. The minimum Gasteiger partial charge on any atom is -0.462 e. The van der Waals surface area contributed by atoms with E-state index in [4.69, 9.17) is 19.3 Å². The summed E-state index contributed by atoms with van der Waals surface area (Å²) < 4.78 is 26.2. The number of hydrogen-bond acceptors (Lipinski definition) is 6. The van der Waals surface area contributed by atoms with Gasteiger partial charge in [-0.25, -0.2) is 4.57 Å². The molecule has 0 radical (unpaired) electrons. The number of phosphoric acid groups is 1. The van der Waals surface area contributed by atoms with Gasteiger partial charge >= 0.3 is 19.8 Å². The summed E-state index contributed by atoms with van der Waals surface area (Å²) in [5.41, 5.74) is 0. The lowest BCUT2D eigenvalue weighted by molar-refractivity contribution is -0.161. The molecule has 0 amide bonds. The Bertz CT molecular complexity index is 721. The van der Waals surface area contributed by atoms with E-state index in [-0.39, 0.29) is 19.4 Å². The van der Waals surface area contributed by atoms with Gasteiger partial charge in [0.2, 0.25) is 0 Å². The van der Waals surface area contributed by atoms with E-state index in [9.17, 15) is 14.2 Å². The van der Waals surface area contributed by atoms with E-state index >= 15 is 0 Å². The van der Waals surface area contributed by atoms with Crippen molar-refractivity contribution >= 4 is 19.8 Å². The number of esters is 2. The van der Waals surface area contributed by atoms with Gasteiger partial charge < -0.3 is 19.3 Å². The molecule has 9 heteroatoms. The first-order valence-electron chi connectivity index (χ1n) is 17.5. The standard InChI is InChI=1S/C34H65O8P/c1-3-5-7-9-11-13-15-17-19-21-23-25-27-29-34(36)42-32(31-41-43(37,38)39)30-40-33(35)28-26-24-22-20-18-16-14-12-10-8-6-4-2/h13,15,32H,3-12,14,16-31H2,1-2H3,(H2,37,38,39)/b15-13-/t32-/m0/s1. The largest absolute Gasteiger partial charge is 0.469 e. The van der Waals surface area contributed by atoms with E-state index in [0.29, 0.717) is 6.42 Å². The second kappa shape index (κ2) is 30.8. The summed E-state index contributed by atoms with van der Waals surface area (Å²) in [6, 6.07) is 0. The molecule has 0 spiro atoms. The number of ether oxygens (including phenoxy) is 2. The third kappa shape index (κ3) is 33.5. The number of carbonyl (C=O) groups excluding carboxylic acids is 2. The average Bonchev–Trinajstić information content (AvgIpc) is 2.97. The van der Waals surface area contributed by atoms with Crippen LogP contribution in [0.25, 0.3) is 0 Å². The van der Waals surface area contributed by atoms with E-state index in [1.807, 2.05) is 0 Å². The smallest absolute Gasteiger partial charge is 0.462 e. The zero-order valence-corrected chi connectivity index (χ0v) is 28.5. The zero-order chi connectivity index (χ0) is 31.9. The Balaban J connectivity index is 4.00. The molecule has 8 nitrogen and oxygen atoms in total. The van der Waals surface area contributed by atoms with Crippen molar-refractivity contribution in [3.05, 3.63) is 12.2 Å². The van der Waals surface area contributed by atoms with Crippen LogP contribution in [0.1, 0.15) is 174 Å². The van der Waals surface area contributed by atoms with Crippen molar-refractivity contribution in [2.24, 2.45) is 0 Å². The Hall–Kier alpha value is -1.21. The molecule has 0 aliphatic heterocycles. The SMILES string of the molecule is CCCCCC/C=C\CCCCCCCC(=O)O[C@@H](COC(=O)CCCCCCCCCCCCCC)COP(=O)(O)O. The highest BCUT2D eigenvalue weighted by atomic mass is 31.2. The van der Waals surface area contributed by atoms with Crippen molar-refractivity contribution in [1.29, 1.82) is 0 Å². The van der Waals surface area contributed by atoms with Crippen LogP contribution in [0.4, 0.5) is 0 Å². The summed E-state index contributed by atoms with van der Waals surface area (Å²) in [6.07, 6.45) is 30.7. The lowest BCUT2D eigenvalue weighted by Gasteiger charge is -2.18. The van der Waals surface area contributed by atoms with Crippen LogP contribution < -0.4 is 0 Å². The highest BCUT2D eigenvalue weighted by molar-refractivity contribution is 7.46. The lowest BCUT2D eigenvalue weighted by Crippen LogP contribution is -2.29. The molecular weight excluding hydrogens is 567 g/mol. The van der Waals surface area contributed by atoms with Crippen LogP contribution in [0.15, 0.2) is 12.2 Å². The van der Waals surface area contributed by atoms with Crippen LogP contribution in [0, 0.1) is 0 Å². The fourth-order valence-corrected chi connectivity index (χ4v) is 5.26. The second-order valence-corrected chi connectivity index (χ2v) is 13.1. The minimum absolute atomic E-state index is 0.205. The van der Waals surface area contributed by atoms with Crippen LogP contribution in [0.2, 0.25) is 0 Å². The normalized spacial score (nSPS) is 12.6. The molecule has 254 valence electrons. The number of rotatable bonds is 32. The van der Waals surface area contributed by atoms with Crippen molar-refractivity contribution in [2.45, 2.75) is 180 Å². The maximum atomic E-state index is 12.3. The molecule has 0 rings (SSSR count). The Labute approximate surface area is 263 Å².